The van der Waals surface area contributed by atoms with Crippen molar-refractivity contribution in [3.8, 4) is 5.75 Å². The summed E-state index contributed by atoms with van der Waals surface area (Å²) in [6, 6.07) is 2.28. The molecule has 1 aliphatic carbocycles. The van der Waals surface area contributed by atoms with Gasteiger partial charge in [0.2, 0.25) is 0 Å². The number of hydrogen-bond acceptors (Lipinski definition) is 2. The minimum Gasteiger partial charge on any atom is -0.508 e. The number of nitrogens with zero attached hydrogens (tertiary/aromatic N) is 1. The van der Waals surface area contributed by atoms with E-state index < -0.39 is 0 Å². The van der Waals surface area contributed by atoms with E-state index in [4.69, 9.17) is 0 Å². The molecule has 0 aliphatic heterocycles. The number of phenolic OH excluding ortho intramolecular Hbond substituents is 1. The zero-order chi connectivity index (χ0) is 14.2. The van der Waals surface area contributed by atoms with Gasteiger partial charge in [-0.1, -0.05) is 13.8 Å². The van der Waals surface area contributed by atoms with E-state index >= 15 is 0 Å². The van der Waals surface area contributed by atoms with Crippen molar-refractivity contribution >= 4 is 0 Å². The monoisotopic (exact) mass is 265 g/mol. The highest BCUT2D eigenvalue weighted by molar-refractivity contribution is 5.45. The summed E-state index contributed by atoms with van der Waals surface area (Å²) in [5.74, 6) is -0.0443. The predicted molar refractivity (Wildman–Crippen MR) is 76.3 cm³/mol. The van der Waals surface area contributed by atoms with Gasteiger partial charge in [-0.2, -0.15) is 0 Å². The van der Waals surface area contributed by atoms with Crippen LogP contribution in [0.4, 0.5) is 4.39 Å². The molecule has 0 bridgehead atoms. The molecular weight excluding hydrogens is 241 g/mol. The van der Waals surface area contributed by atoms with Gasteiger partial charge in [0.1, 0.15) is 11.6 Å². The molecule has 0 fully saturated rings. The maximum absolute atomic E-state index is 14.6. The van der Waals surface area contributed by atoms with Gasteiger partial charge in [0.15, 0.2) is 0 Å². The molecule has 0 heterocycles. The summed E-state index contributed by atoms with van der Waals surface area (Å²) >= 11 is 0. The van der Waals surface area contributed by atoms with Gasteiger partial charge >= 0.3 is 0 Å². The van der Waals surface area contributed by atoms with Crippen LogP contribution in [-0.4, -0.2) is 30.1 Å². The molecule has 2 nitrogen and oxygen atoms in total. The molecule has 1 N–H and O–H groups in total. The second kappa shape index (κ2) is 5.49. The number of fused-ring (bicyclic) bond motifs is 1. The number of halogens is 1. The van der Waals surface area contributed by atoms with Crippen molar-refractivity contribution in [1.82, 2.24) is 4.90 Å². The average molecular weight is 265 g/mol. The van der Waals surface area contributed by atoms with Crippen LogP contribution in [0.2, 0.25) is 0 Å². The Balaban J connectivity index is 2.40. The fraction of sp³-hybridized carbons (Fsp3) is 0.625. The fourth-order valence-electron chi connectivity index (χ4n) is 3.08. The number of aryl methyl sites for hydroxylation is 1. The van der Waals surface area contributed by atoms with Gasteiger partial charge in [0.05, 0.1) is 0 Å². The minimum absolute atomic E-state index is 0.0122. The van der Waals surface area contributed by atoms with E-state index in [1.54, 1.807) is 6.07 Å². The second-order valence-corrected chi connectivity index (χ2v) is 6.11. The van der Waals surface area contributed by atoms with Crippen LogP contribution < -0.4 is 0 Å². The lowest BCUT2D eigenvalue weighted by Crippen LogP contribution is -2.27. The Labute approximate surface area is 115 Å². The molecule has 1 aromatic carbocycles. The van der Waals surface area contributed by atoms with Crippen molar-refractivity contribution in [3.05, 3.63) is 28.6 Å². The molecule has 2 rings (SSSR count). The molecule has 0 saturated heterocycles. The first kappa shape index (κ1) is 14.3. The van der Waals surface area contributed by atoms with Crippen molar-refractivity contribution in [2.75, 3.05) is 14.1 Å². The largest absolute Gasteiger partial charge is 0.508 e. The summed E-state index contributed by atoms with van der Waals surface area (Å²) in [6.07, 6.45) is 3.63. The van der Waals surface area contributed by atoms with Gasteiger partial charge in [0.25, 0.3) is 0 Å². The standard InChI is InChI=1S/C16H24FNO/c1-10(2)15-14(19)9-11-5-6-12(18(3)4)7-8-13(11)16(15)17/h9-10,12,19H,5-8H2,1-4H3/t12-/m1/s1. The molecule has 1 aromatic rings. The molecule has 0 aromatic heterocycles. The lowest BCUT2D eigenvalue weighted by Gasteiger charge is -2.22. The molecule has 0 amide bonds. The van der Waals surface area contributed by atoms with Crippen molar-refractivity contribution < 1.29 is 9.50 Å². The van der Waals surface area contributed by atoms with Gasteiger partial charge < -0.3 is 10.0 Å². The van der Waals surface area contributed by atoms with Crippen LogP contribution in [0.5, 0.6) is 5.75 Å². The van der Waals surface area contributed by atoms with Gasteiger partial charge in [-0.15, -0.1) is 0 Å². The first-order chi connectivity index (χ1) is 8.91. The molecule has 1 atom stereocenters. The zero-order valence-electron chi connectivity index (χ0n) is 12.3. The van der Waals surface area contributed by atoms with Crippen LogP contribution in [-0.2, 0) is 12.8 Å². The summed E-state index contributed by atoms with van der Waals surface area (Å²) in [5.41, 5.74) is 2.29. The minimum atomic E-state index is -0.176. The summed E-state index contributed by atoms with van der Waals surface area (Å²) in [5, 5.41) is 10.0. The summed E-state index contributed by atoms with van der Waals surface area (Å²) in [4.78, 5) is 2.22. The normalized spacial score (nSPS) is 19.6. The summed E-state index contributed by atoms with van der Waals surface area (Å²) < 4.78 is 14.6. The van der Waals surface area contributed by atoms with E-state index in [9.17, 15) is 9.50 Å². The first-order valence-electron chi connectivity index (χ1n) is 7.11. The lowest BCUT2D eigenvalue weighted by atomic mass is 9.93. The van der Waals surface area contributed by atoms with Crippen molar-refractivity contribution in [2.24, 2.45) is 0 Å². The Morgan fingerprint density at radius 2 is 1.89 bits per heavy atom. The molecule has 0 radical (unpaired) electrons. The highest BCUT2D eigenvalue weighted by atomic mass is 19.1. The Bertz CT molecular complexity index is 468. The topological polar surface area (TPSA) is 23.5 Å². The van der Waals surface area contributed by atoms with E-state index in [1.807, 2.05) is 13.8 Å². The van der Waals surface area contributed by atoms with E-state index in [1.165, 1.54) is 0 Å². The second-order valence-electron chi connectivity index (χ2n) is 6.11. The van der Waals surface area contributed by atoms with Crippen LogP contribution in [0.3, 0.4) is 0 Å². The maximum Gasteiger partial charge on any atom is 0.133 e. The van der Waals surface area contributed by atoms with Gasteiger partial charge in [-0.05, 0) is 62.9 Å². The number of benzene rings is 1. The van der Waals surface area contributed by atoms with Crippen LogP contribution in [0.15, 0.2) is 6.07 Å². The Kier molecular flexibility index (Phi) is 4.14. The van der Waals surface area contributed by atoms with Crippen molar-refractivity contribution in [1.29, 1.82) is 0 Å². The highest BCUT2D eigenvalue weighted by Gasteiger charge is 2.24. The van der Waals surface area contributed by atoms with Crippen molar-refractivity contribution in [3.63, 3.8) is 0 Å². The SMILES string of the molecule is CC(C)c1c(O)cc2c(c1F)CC[C@H](N(C)C)CC2. The Morgan fingerprint density at radius 1 is 1.26 bits per heavy atom. The molecule has 0 spiro atoms. The van der Waals surface area contributed by atoms with Crippen molar-refractivity contribution in [2.45, 2.75) is 51.5 Å². The maximum atomic E-state index is 14.6. The first-order valence-corrected chi connectivity index (χ1v) is 7.11. The summed E-state index contributed by atoms with van der Waals surface area (Å²) in [7, 11) is 4.15. The Hall–Kier alpha value is -1.09. The van der Waals surface area contributed by atoms with E-state index in [2.05, 4.69) is 19.0 Å². The molecule has 3 heteroatoms. The fourth-order valence-corrected chi connectivity index (χ4v) is 3.08. The number of hydrogen-bond donors (Lipinski definition) is 1. The molecule has 1 aliphatic rings. The quantitative estimate of drug-likeness (QED) is 0.828. The van der Waals surface area contributed by atoms with Gasteiger partial charge in [-0.3, -0.25) is 0 Å². The predicted octanol–water partition coefficient (Wildman–Crippen LogP) is 3.46. The number of rotatable bonds is 2. The highest BCUT2D eigenvalue weighted by Crippen LogP contribution is 2.35. The van der Waals surface area contributed by atoms with Crippen LogP contribution >= 0.6 is 0 Å². The van der Waals surface area contributed by atoms with Crippen LogP contribution in [0.25, 0.3) is 0 Å². The average Bonchev–Trinajstić information content (AvgIpc) is 2.50. The van der Waals surface area contributed by atoms with Crippen LogP contribution in [0.1, 0.15) is 49.3 Å². The van der Waals surface area contributed by atoms with E-state index in [0.717, 1.165) is 36.8 Å². The van der Waals surface area contributed by atoms with Gasteiger partial charge in [-0.25, -0.2) is 4.39 Å². The molecular formula is C16H24FNO. The third-order valence-electron chi connectivity index (χ3n) is 4.26. The molecule has 106 valence electrons. The third-order valence-corrected chi connectivity index (χ3v) is 4.26. The van der Waals surface area contributed by atoms with E-state index in [0.29, 0.717) is 11.6 Å². The van der Waals surface area contributed by atoms with Gasteiger partial charge in [0, 0.05) is 11.6 Å². The number of aromatic hydroxyl groups is 1. The third kappa shape index (κ3) is 2.76. The summed E-state index contributed by atoms with van der Waals surface area (Å²) in [6.45, 7) is 3.84. The van der Waals surface area contributed by atoms with E-state index in [-0.39, 0.29) is 17.5 Å². The molecule has 0 unspecified atom stereocenters. The van der Waals surface area contributed by atoms with Crippen LogP contribution in [0, 0.1) is 5.82 Å². The zero-order valence-corrected chi connectivity index (χ0v) is 12.3. The lowest BCUT2D eigenvalue weighted by molar-refractivity contribution is 0.268. The smallest absolute Gasteiger partial charge is 0.133 e. The molecule has 0 saturated carbocycles. The Morgan fingerprint density at radius 3 is 2.47 bits per heavy atom. The number of phenols is 1. The molecule has 19 heavy (non-hydrogen) atoms.